The maximum absolute atomic E-state index is 13.4. The Morgan fingerprint density at radius 1 is 1.50 bits per heavy atom. The number of aromatic amines is 1. The first kappa shape index (κ1) is 9.21. The zero-order valence-electron chi connectivity index (χ0n) is 6.84. The molecule has 2 N–H and O–H groups in total. The van der Waals surface area contributed by atoms with Crippen LogP contribution in [0.4, 0.5) is 4.39 Å². The summed E-state index contributed by atoms with van der Waals surface area (Å²) in [5.41, 5.74) is 0.0624. The molecule has 0 radical (unpaired) electrons. The van der Waals surface area contributed by atoms with Gasteiger partial charge in [-0.25, -0.2) is 9.18 Å². The van der Waals surface area contributed by atoms with Gasteiger partial charge in [-0.2, -0.15) is 0 Å². The average molecular weight is 258 g/mol. The predicted octanol–water partition coefficient (Wildman–Crippen LogP) is 2.77. The van der Waals surface area contributed by atoms with E-state index in [1.54, 1.807) is 12.1 Å². The molecule has 0 atom stereocenters. The summed E-state index contributed by atoms with van der Waals surface area (Å²) in [6.07, 6.45) is 0. The summed E-state index contributed by atoms with van der Waals surface area (Å²) in [5.74, 6) is -2.02. The van der Waals surface area contributed by atoms with Crippen molar-refractivity contribution in [3.8, 4) is 0 Å². The van der Waals surface area contributed by atoms with Gasteiger partial charge >= 0.3 is 5.97 Å². The van der Waals surface area contributed by atoms with E-state index in [1.165, 1.54) is 6.07 Å². The lowest BCUT2D eigenvalue weighted by Crippen LogP contribution is -1.98. The van der Waals surface area contributed by atoms with E-state index in [-0.39, 0.29) is 5.39 Å². The van der Waals surface area contributed by atoms with E-state index in [0.717, 1.165) is 4.47 Å². The van der Waals surface area contributed by atoms with E-state index in [4.69, 9.17) is 5.11 Å². The van der Waals surface area contributed by atoms with Crippen LogP contribution in [0, 0.1) is 5.82 Å². The number of aromatic nitrogens is 1. The largest absolute Gasteiger partial charge is 0.476 e. The summed E-state index contributed by atoms with van der Waals surface area (Å²) in [6, 6.07) is 4.81. The number of carboxylic acids is 1. The average Bonchev–Trinajstić information content (AvgIpc) is 2.43. The molecular formula is C9H5BrFNO2. The maximum Gasteiger partial charge on any atom is 0.355 e. The van der Waals surface area contributed by atoms with E-state index < -0.39 is 17.5 Å². The third-order valence-electron chi connectivity index (χ3n) is 1.91. The Kier molecular flexibility index (Phi) is 2.03. The lowest BCUT2D eigenvalue weighted by Gasteiger charge is -1.89. The first-order valence-electron chi connectivity index (χ1n) is 3.79. The van der Waals surface area contributed by atoms with Crippen LogP contribution in [-0.2, 0) is 0 Å². The highest BCUT2D eigenvalue weighted by atomic mass is 79.9. The van der Waals surface area contributed by atoms with Crippen LogP contribution >= 0.6 is 15.9 Å². The Morgan fingerprint density at radius 3 is 2.86 bits per heavy atom. The van der Waals surface area contributed by atoms with Crippen molar-refractivity contribution in [2.75, 3.05) is 0 Å². The van der Waals surface area contributed by atoms with Crippen LogP contribution in [0.25, 0.3) is 10.9 Å². The van der Waals surface area contributed by atoms with E-state index >= 15 is 0 Å². The minimum absolute atomic E-state index is 0.283. The van der Waals surface area contributed by atoms with Crippen molar-refractivity contribution in [1.29, 1.82) is 0 Å². The molecule has 5 heteroatoms. The van der Waals surface area contributed by atoms with Crippen molar-refractivity contribution in [3.63, 3.8) is 0 Å². The van der Waals surface area contributed by atoms with E-state index in [0.29, 0.717) is 5.52 Å². The highest BCUT2D eigenvalue weighted by molar-refractivity contribution is 9.10. The summed E-state index contributed by atoms with van der Waals surface area (Å²) >= 11 is 3.21. The normalized spacial score (nSPS) is 10.7. The second-order valence-electron chi connectivity index (χ2n) is 2.81. The van der Waals surface area contributed by atoms with E-state index in [2.05, 4.69) is 20.9 Å². The molecule has 2 aromatic rings. The van der Waals surface area contributed by atoms with Crippen molar-refractivity contribution >= 4 is 32.8 Å². The maximum atomic E-state index is 13.4. The fourth-order valence-electron chi connectivity index (χ4n) is 1.28. The minimum atomic E-state index is -1.30. The lowest BCUT2D eigenvalue weighted by molar-refractivity contribution is 0.0686. The summed E-state index contributed by atoms with van der Waals surface area (Å²) in [5, 5.41) is 8.94. The molecular weight excluding hydrogens is 253 g/mol. The fourth-order valence-corrected chi connectivity index (χ4v) is 1.64. The molecule has 0 saturated heterocycles. The van der Waals surface area contributed by atoms with Gasteiger partial charge in [0.15, 0.2) is 11.5 Å². The monoisotopic (exact) mass is 257 g/mol. The third-order valence-corrected chi connectivity index (χ3v) is 2.40. The number of nitrogens with one attached hydrogen (secondary N) is 1. The number of aromatic carboxylic acids is 1. The Bertz CT molecular complexity index is 521. The first-order chi connectivity index (χ1) is 6.59. The molecule has 0 saturated carbocycles. The van der Waals surface area contributed by atoms with Crippen molar-refractivity contribution in [2.45, 2.75) is 0 Å². The van der Waals surface area contributed by atoms with Crippen LogP contribution in [0.1, 0.15) is 10.5 Å². The van der Waals surface area contributed by atoms with Gasteiger partial charge in [0.1, 0.15) is 0 Å². The summed E-state index contributed by atoms with van der Waals surface area (Å²) in [4.78, 5) is 13.1. The van der Waals surface area contributed by atoms with Crippen LogP contribution in [0.5, 0.6) is 0 Å². The van der Waals surface area contributed by atoms with Crippen molar-refractivity contribution in [2.24, 2.45) is 0 Å². The van der Waals surface area contributed by atoms with Gasteiger partial charge in [0.05, 0.1) is 5.52 Å². The standard InChI is InChI=1S/C9H5BrFNO2/c10-4-1-2-5-6(3-4)12-8(7(5)11)9(13)14/h1-3,12H,(H,13,14). The molecule has 0 unspecified atom stereocenters. The number of hydrogen-bond donors (Lipinski definition) is 2. The van der Waals surface area contributed by atoms with Gasteiger partial charge in [0, 0.05) is 9.86 Å². The van der Waals surface area contributed by atoms with Gasteiger partial charge in [-0.3, -0.25) is 0 Å². The molecule has 2 rings (SSSR count). The van der Waals surface area contributed by atoms with Crippen molar-refractivity contribution < 1.29 is 14.3 Å². The number of benzene rings is 1. The zero-order valence-corrected chi connectivity index (χ0v) is 8.43. The number of rotatable bonds is 1. The number of carboxylic acid groups (broad SMARTS) is 1. The Hall–Kier alpha value is -1.36. The molecule has 0 aliphatic heterocycles. The predicted molar refractivity (Wildman–Crippen MR) is 52.9 cm³/mol. The third kappa shape index (κ3) is 1.29. The molecule has 1 heterocycles. The molecule has 1 aromatic carbocycles. The topological polar surface area (TPSA) is 53.1 Å². The van der Waals surface area contributed by atoms with Gasteiger partial charge in [-0.1, -0.05) is 15.9 Å². The van der Waals surface area contributed by atoms with Crippen molar-refractivity contribution in [3.05, 3.63) is 34.2 Å². The molecule has 1 aromatic heterocycles. The van der Waals surface area contributed by atoms with Gasteiger partial charge in [-0.05, 0) is 18.2 Å². The summed E-state index contributed by atoms with van der Waals surface area (Å²) in [6.45, 7) is 0. The first-order valence-corrected chi connectivity index (χ1v) is 4.59. The molecule has 0 fully saturated rings. The highest BCUT2D eigenvalue weighted by Gasteiger charge is 2.16. The van der Waals surface area contributed by atoms with Crippen LogP contribution in [0.2, 0.25) is 0 Å². The quantitative estimate of drug-likeness (QED) is 0.826. The number of halogens is 2. The Balaban J connectivity index is 2.79. The van der Waals surface area contributed by atoms with Crippen LogP contribution in [0.15, 0.2) is 22.7 Å². The number of H-pyrrole nitrogens is 1. The molecule has 0 spiro atoms. The molecule has 0 aliphatic carbocycles. The lowest BCUT2D eigenvalue weighted by atomic mass is 10.2. The van der Waals surface area contributed by atoms with Crippen molar-refractivity contribution in [1.82, 2.24) is 4.98 Å². The Morgan fingerprint density at radius 2 is 2.21 bits per heavy atom. The van der Waals surface area contributed by atoms with Gasteiger partial charge in [0.25, 0.3) is 0 Å². The number of carbonyl (C=O) groups is 1. The van der Waals surface area contributed by atoms with Crippen LogP contribution < -0.4 is 0 Å². The Labute approximate surface area is 86.7 Å². The molecule has 14 heavy (non-hydrogen) atoms. The molecule has 72 valence electrons. The second kappa shape index (κ2) is 3.09. The SMILES string of the molecule is O=C(O)c1[nH]c2cc(Br)ccc2c1F. The van der Waals surface area contributed by atoms with E-state index in [1.807, 2.05) is 0 Å². The highest BCUT2D eigenvalue weighted by Crippen LogP contribution is 2.24. The number of hydrogen-bond acceptors (Lipinski definition) is 1. The molecule has 0 bridgehead atoms. The molecule has 3 nitrogen and oxygen atoms in total. The summed E-state index contributed by atoms with van der Waals surface area (Å²) in [7, 11) is 0. The minimum Gasteiger partial charge on any atom is -0.476 e. The van der Waals surface area contributed by atoms with Gasteiger partial charge < -0.3 is 10.1 Å². The number of fused-ring (bicyclic) bond motifs is 1. The van der Waals surface area contributed by atoms with Crippen LogP contribution in [0.3, 0.4) is 0 Å². The molecule has 0 amide bonds. The summed E-state index contributed by atoms with van der Waals surface area (Å²) < 4.78 is 14.2. The second-order valence-corrected chi connectivity index (χ2v) is 3.72. The van der Waals surface area contributed by atoms with Gasteiger partial charge in [-0.15, -0.1) is 0 Å². The fraction of sp³-hybridized carbons (Fsp3) is 0. The van der Waals surface area contributed by atoms with E-state index in [9.17, 15) is 9.18 Å². The van der Waals surface area contributed by atoms with Gasteiger partial charge in [0.2, 0.25) is 0 Å². The zero-order chi connectivity index (χ0) is 10.3. The molecule has 0 aliphatic rings. The van der Waals surface area contributed by atoms with Crippen LogP contribution in [-0.4, -0.2) is 16.1 Å². The smallest absolute Gasteiger partial charge is 0.355 e.